The molecule has 0 unspecified atom stereocenters. The number of rotatable bonds is 4. The van der Waals surface area contributed by atoms with Crippen molar-refractivity contribution in [2.45, 2.75) is 19.6 Å². The van der Waals surface area contributed by atoms with E-state index in [-0.39, 0.29) is 0 Å². The minimum Gasteiger partial charge on any atom is -0.0656 e. The molecule has 7 rings (SSSR count). The van der Waals surface area contributed by atoms with Gasteiger partial charge in [0.25, 0.3) is 0 Å². The second-order valence-corrected chi connectivity index (χ2v) is 16.8. The zero-order valence-corrected chi connectivity index (χ0v) is 24.3. The fourth-order valence-electron chi connectivity index (χ4n) is 6.25. The highest BCUT2D eigenvalue weighted by atomic mass is 28.3. The van der Waals surface area contributed by atoms with Crippen molar-refractivity contribution >= 4 is 45.6 Å². The van der Waals surface area contributed by atoms with Crippen molar-refractivity contribution in [1.82, 2.24) is 0 Å². The largest absolute Gasteiger partial charge is 0.0775 e. The third kappa shape index (κ3) is 4.06. The maximum Gasteiger partial charge on any atom is 0.0775 e. The van der Waals surface area contributed by atoms with Gasteiger partial charge in [0.15, 0.2) is 0 Å². The first-order valence-corrected chi connectivity index (χ1v) is 17.6. The third-order valence-electron chi connectivity index (χ3n) is 8.25. The summed E-state index contributed by atoms with van der Waals surface area (Å²) in [5.41, 5.74) is 7.71. The van der Waals surface area contributed by atoms with Crippen LogP contribution >= 0.6 is 0 Å². The van der Waals surface area contributed by atoms with Crippen LogP contribution in [-0.4, -0.2) is 8.07 Å². The van der Waals surface area contributed by atoms with E-state index in [9.17, 15) is 0 Å². The molecule has 0 aromatic heterocycles. The second-order valence-electron chi connectivity index (χ2n) is 11.7. The lowest BCUT2D eigenvalue weighted by Gasteiger charge is -2.21. The summed E-state index contributed by atoms with van der Waals surface area (Å²) in [7, 11) is -1.37. The Kier molecular flexibility index (Phi) is 5.91. The molecule has 0 amide bonds. The Morgan fingerprint density at radius 2 is 0.750 bits per heavy atom. The van der Waals surface area contributed by atoms with Crippen LogP contribution in [0.3, 0.4) is 0 Å². The Labute approximate surface area is 237 Å². The summed E-state index contributed by atoms with van der Waals surface area (Å²) in [6, 6.07) is 51.5. The fourth-order valence-corrected chi connectivity index (χ4v) is 7.42. The van der Waals surface area contributed by atoms with Gasteiger partial charge in [0.1, 0.15) is 0 Å². The second kappa shape index (κ2) is 9.62. The zero-order valence-electron chi connectivity index (χ0n) is 23.3. The Bertz CT molecular complexity index is 1950. The van der Waals surface area contributed by atoms with Gasteiger partial charge in [-0.15, -0.1) is 0 Å². The lowest BCUT2D eigenvalue weighted by atomic mass is 9.84. The molecule has 0 spiro atoms. The van der Waals surface area contributed by atoms with Crippen molar-refractivity contribution in [2.24, 2.45) is 0 Å². The van der Waals surface area contributed by atoms with Crippen LogP contribution in [0, 0.1) is 0 Å². The molecule has 0 saturated heterocycles. The smallest absolute Gasteiger partial charge is 0.0656 e. The van der Waals surface area contributed by atoms with Gasteiger partial charge in [0.05, 0.1) is 8.07 Å². The lowest BCUT2D eigenvalue weighted by Crippen LogP contribution is -2.37. The highest BCUT2D eigenvalue weighted by Crippen LogP contribution is 2.46. The topological polar surface area (TPSA) is 0 Å². The molecule has 0 aliphatic heterocycles. The van der Waals surface area contributed by atoms with Crippen LogP contribution in [0.15, 0.2) is 140 Å². The quantitative estimate of drug-likeness (QED) is 0.157. The van der Waals surface area contributed by atoms with E-state index in [1.54, 1.807) is 0 Å². The summed E-state index contributed by atoms with van der Waals surface area (Å²) in [4.78, 5) is 0. The molecular weight excluding hydrogens is 497 g/mol. The summed E-state index contributed by atoms with van der Waals surface area (Å²) in [6.07, 6.45) is 0. The first-order valence-electron chi connectivity index (χ1n) is 14.1. The Morgan fingerprint density at radius 3 is 1.27 bits per heavy atom. The van der Waals surface area contributed by atoms with E-state index in [1.807, 2.05) is 0 Å². The van der Waals surface area contributed by atoms with Crippen LogP contribution in [0.4, 0.5) is 0 Å². The fraction of sp³-hybridized carbons (Fsp3) is 0.0769. The zero-order chi connectivity index (χ0) is 27.3. The minimum absolute atomic E-state index is 1.25. The van der Waals surface area contributed by atoms with Gasteiger partial charge in [0, 0.05) is 0 Å². The molecule has 1 heteroatoms. The Hall–Kier alpha value is -4.46. The van der Waals surface area contributed by atoms with Crippen molar-refractivity contribution in [1.29, 1.82) is 0 Å². The third-order valence-corrected chi connectivity index (χ3v) is 10.3. The molecule has 40 heavy (non-hydrogen) atoms. The lowest BCUT2D eigenvalue weighted by molar-refractivity contribution is 1.64. The highest BCUT2D eigenvalue weighted by Gasteiger charge is 2.20. The summed E-state index contributed by atoms with van der Waals surface area (Å²) in [5, 5.41) is 9.25. The maximum absolute atomic E-state index is 2.41. The van der Waals surface area contributed by atoms with Crippen LogP contribution in [0.25, 0.3) is 65.7 Å². The molecule has 0 nitrogen and oxygen atoms in total. The summed E-state index contributed by atoms with van der Waals surface area (Å²) in [5.74, 6) is 0. The van der Waals surface area contributed by atoms with Crippen molar-refractivity contribution < 1.29 is 0 Å². The van der Waals surface area contributed by atoms with Gasteiger partial charge in [-0.3, -0.25) is 0 Å². The molecule has 0 radical (unpaired) electrons. The molecule has 0 fully saturated rings. The van der Waals surface area contributed by atoms with E-state index in [2.05, 4.69) is 159 Å². The Balaban J connectivity index is 1.55. The molecule has 0 atom stereocenters. The van der Waals surface area contributed by atoms with Crippen molar-refractivity contribution in [3.63, 3.8) is 0 Å². The number of hydrogen-bond donors (Lipinski definition) is 0. The average molecular weight is 529 g/mol. The Morgan fingerprint density at radius 1 is 0.325 bits per heavy atom. The monoisotopic (exact) mass is 528 g/mol. The van der Waals surface area contributed by atoms with Crippen LogP contribution in [0.1, 0.15) is 0 Å². The van der Waals surface area contributed by atoms with Gasteiger partial charge in [0.2, 0.25) is 0 Å². The van der Waals surface area contributed by atoms with E-state index in [1.165, 1.54) is 70.9 Å². The molecule has 0 bridgehead atoms. The first kappa shape index (κ1) is 24.6. The van der Waals surface area contributed by atoms with Gasteiger partial charge in [-0.2, -0.15) is 0 Å². The van der Waals surface area contributed by atoms with Gasteiger partial charge in [-0.1, -0.05) is 164 Å². The highest BCUT2D eigenvalue weighted by molar-refractivity contribution is 6.88. The van der Waals surface area contributed by atoms with Gasteiger partial charge >= 0.3 is 0 Å². The molecule has 0 heterocycles. The van der Waals surface area contributed by atoms with Crippen LogP contribution in [-0.2, 0) is 0 Å². The molecule has 0 aliphatic rings. The summed E-state index contributed by atoms with van der Waals surface area (Å²) in [6.45, 7) is 7.24. The summed E-state index contributed by atoms with van der Waals surface area (Å²) >= 11 is 0. The van der Waals surface area contributed by atoms with Gasteiger partial charge < -0.3 is 0 Å². The van der Waals surface area contributed by atoms with Crippen LogP contribution in [0.2, 0.25) is 19.6 Å². The van der Waals surface area contributed by atoms with Gasteiger partial charge in [-0.25, -0.2) is 0 Å². The van der Waals surface area contributed by atoms with Crippen molar-refractivity contribution in [3.05, 3.63) is 140 Å². The number of benzene rings is 7. The predicted octanol–water partition coefficient (Wildman–Crippen LogP) is 10.7. The average Bonchev–Trinajstić information content (AvgIpc) is 2.99. The molecule has 0 N–H and O–H groups in total. The standard InChI is InChI=1S/C39H32Si/c1-40(2,3)29-23-21-28(22-24-29)38-33-17-9-11-19-35(33)39(36-20-12-10-18-34(36)38)37-26-25-30(27-13-5-4-6-14-27)31-15-7-8-16-32(31)37/h4-26H,1-3H3. The predicted molar refractivity (Wildman–Crippen MR) is 178 cm³/mol. The summed E-state index contributed by atoms with van der Waals surface area (Å²) < 4.78 is 0. The molecule has 7 aromatic rings. The first-order chi connectivity index (χ1) is 19.5. The van der Waals surface area contributed by atoms with E-state index in [4.69, 9.17) is 0 Å². The van der Waals surface area contributed by atoms with Crippen molar-refractivity contribution in [2.75, 3.05) is 0 Å². The molecule has 192 valence electrons. The van der Waals surface area contributed by atoms with E-state index in [0.717, 1.165) is 0 Å². The maximum atomic E-state index is 2.41. The van der Waals surface area contributed by atoms with Crippen LogP contribution < -0.4 is 5.19 Å². The molecule has 7 aromatic carbocycles. The van der Waals surface area contributed by atoms with E-state index in [0.29, 0.717) is 0 Å². The van der Waals surface area contributed by atoms with E-state index >= 15 is 0 Å². The van der Waals surface area contributed by atoms with Crippen molar-refractivity contribution in [3.8, 4) is 33.4 Å². The SMILES string of the molecule is C[Si](C)(C)c1ccc(-c2c3ccccc3c(-c3ccc(-c4ccccc4)c4ccccc34)c3ccccc23)cc1. The van der Waals surface area contributed by atoms with Crippen LogP contribution in [0.5, 0.6) is 0 Å². The van der Waals surface area contributed by atoms with E-state index < -0.39 is 8.07 Å². The minimum atomic E-state index is -1.37. The normalized spacial score (nSPS) is 11.9. The molecular formula is C39H32Si. The molecule has 0 aliphatic carbocycles. The number of fused-ring (bicyclic) bond motifs is 3. The molecule has 0 saturated carbocycles. The number of hydrogen-bond acceptors (Lipinski definition) is 0. The van der Waals surface area contributed by atoms with Gasteiger partial charge in [-0.05, 0) is 65.7 Å².